The van der Waals surface area contributed by atoms with Crippen LogP contribution in [0, 0.1) is 6.61 Å². The van der Waals surface area contributed by atoms with Gasteiger partial charge in [0.15, 0.2) is 0 Å². The van der Waals surface area contributed by atoms with Gasteiger partial charge >= 0.3 is 0 Å². The number of ether oxygens (including phenoxy) is 1. The van der Waals surface area contributed by atoms with Crippen molar-refractivity contribution >= 4 is 0 Å². The zero-order chi connectivity index (χ0) is 9.68. The Kier molecular flexibility index (Phi) is 3.77. The highest BCUT2D eigenvalue weighted by molar-refractivity contribution is 5.39. The van der Waals surface area contributed by atoms with E-state index in [4.69, 9.17) is 9.84 Å². The fraction of sp³-hybridized carbons (Fsp3) is 0.364. The number of rotatable bonds is 4. The first-order chi connectivity index (χ1) is 6.31. The zero-order valence-corrected chi connectivity index (χ0v) is 8.08. The summed E-state index contributed by atoms with van der Waals surface area (Å²) in [5, 5.41) is 8.81. The minimum absolute atomic E-state index is 0.655. The van der Waals surface area contributed by atoms with Gasteiger partial charge in [-0.3, -0.25) is 0 Å². The third-order valence-electron chi connectivity index (χ3n) is 1.92. The fourth-order valence-corrected chi connectivity index (χ4v) is 1.23. The molecule has 0 unspecified atom stereocenters. The minimum Gasteiger partial charge on any atom is -0.494 e. The molecule has 0 aliphatic heterocycles. The second-order valence-corrected chi connectivity index (χ2v) is 2.78. The Labute approximate surface area is 79.2 Å². The molecule has 13 heavy (non-hydrogen) atoms. The molecule has 0 fully saturated rings. The molecule has 1 N–H and O–H groups in total. The van der Waals surface area contributed by atoms with Gasteiger partial charge in [-0.15, -0.1) is 0 Å². The van der Waals surface area contributed by atoms with Gasteiger partial charge in [0.05, 0.1) is 6.61 Å². The standard InChI is InChI=1S/C11H15O2/c1-3-10-6-5-9(8-12)7-11(10)13-4-2/h5-8,12H,3-4H2,1-2H3. The van der Waals surface area contributed by atoms with Crippen molar-refractivity contribution in [2.75, 3.05) is 6.61 Å². The van der Waals surface area contributed by atoms with Gasteiger partial charge in [0.25, 0.3) is 0 Å². The van der Waals surface area contributed by atoms with E-state index in [-0.39, 0.29) is 0 Å². The predicted molar refractivity (Wildman–Crippen MR) is 52.3 cm³/mol. The molecule has 0 spiro atoms. The summed E-state index contributed by atoms with van der Waals surface area (Å²) >= 11 is 0. The van der Waals surface area contributed by atoms with Crippen LogP contribution in [0.2, 0.25) is 0 Å². The molecular weight excluding hydrogens is 164 g/mol. The Morgan fingerprint density at radius 1 is 1.38 bits per heavy atom. The third kappa shape index (κ3) is 2.46. The Morgan fingerprint density at radius 2 is 2.15 bits per heavy atom. The lowest BCUT2D eigenvalue weighted by Gasteiger charge is -2.09. The Hall–Kier alpha value is -1.02. The van der Waals surface area contributed by atoms with Crippen LogP contribution < -0.4 is 4.74 Å². The molecule has 1 rings (SSSR count). The fourth-order valence-electron chi connectivity index (χ4n) is 1.23. The van der Waals surface area contributed by atoms with E-state index < -0.39 is 0 Å². The molecular formula is C11H15O2. The van der Waals surface area contributed by atoms with Crippen molar-refractivity contribution in [3.8, 4) is 5.75 Å². The summed E-state index contributed by atoms with van der Waals surface area (Å²) in [6.45, 7) is 5.78. The van der Waals surface area contributed by atoms with Gasteiger partial charge in [-0.2, -0.15) is 0 Å². The summed E-state index contributed by atoms with van der Waals surface area (Å²) in [5.74, 6) is 0.868. The largest absolute Gasteiger partial charge is 0.494 e. The highest BCUT2D eigenvalue weighted by Gasteiger charge is 2.02. The molecule has 2 nitrogen and oxygen atoms in total. The van der Waals surface area contributed by atoms with E-state index >= 15 is 0 Å². The van der Waals surface area contributed by atoms with E-state index in [1.807, 2.05) is 25.1 Å². The quantitative estimate of drug-likeness (QED) is 0.769. The van der Waals surface area contributed by atoms with Crippen LogP contribution in [-0.2, 0) is 6.42 Å². The van der Waals surface area contributed by atoms with E-state index in [2.05, 4.69) is 6.92 Å². The molecule has 0 heterocycles. The summed E-state index contributed by atoms with van der Waals surface area (Å²) in [7, 11) is 0. The lowest BCUT2D eigenvalue weighted by atomic mass is 10.1. The van der Waals surface area contributed by atoms with E-state index in [1.54, 1.807) is 0 Å². The number of hydrogen-bond acceptors (Lipinski definition) is 2. The number of aliphatic hydroxyl groups excluding tert-OH is 1. The van der Waals surface area contributed by atoms with Crippen LogP contribution in [0.25, 0.3) is 0 Å². The first-order valence-electron chi connectivity index (χ1n) is 4.55. The molecule has 0 bridgehead atoms. The van der Waals surface area contributed by atoms with Crippen molar-refractivity contribution in [1.29, 1.82) is 0 Å². The van der Waals surface area contributed by atoms with Gasteiger partial charge in [0, 0.05) is 0 Å². The molecule has 0 saturated carbocycles. The van der Waals surface area contributed by atoms with Crippen LogP contribution in [0.15, 0.2) is 18.2 Å². The molecule has 71 valence electrons. The first kappa shape index (κ1) is 10.1. The summed E-state index contributed by atoms with van der Waals surface area (Å²) in [6, 6.07) is 5.71. The van der Waals surface area contributed by atoms with Crippen molar-refractivity contribution in [1.82, 2.24) is 0 Å². The summed E-state index contributed by atoms with van der Waals surface area (Å²) < 4.78 is 5.44. The average Bonchev–Trinajstić information content (AvgIpc) is 2.18. The maximum Gasteiger partial charge on any atom is 0.122 e. The lowest BCUT2D eigenvalue weighted by Crippen LogP contribution is -1.96. The summed E-state index contributed by atoms with van der Waals surface area (Å²) in [4.78, 5) is 0. The van der Waals surface area contributed by atoms with Crippen LogP contribution in [0.4, 0.5) is 0 Å². The molecule has 1 aromatic rings. The highest BCUT2D eigenvalue weighted by Crippen LogP contribution is 2.21. The molecule has 0 aromatic heterocycles. The lowest BCUT2D eigenvalue weighted by molar-refractivity contribution is 0.335. The predicted octanol–water partition coefficient (Wildman–Crippen LogP) is 2.53. The molecule has 0 aliphatic rings. The van der Waals surface area contributed by atoms with Gasteiger partial charge in [0.2, 0.25) is 0 Å². The van der Waals surface area contributed by atoms with Crippen molar-refractivity contribution in [3.05, 3.63) is 35.9 Å². The monoisotopic (exact) mass is 179 g/mol. The van der Waals surface area contributed by atoms with Gasteiger partial charge in [-0.05, 0) is 30.5 Å². The van der Waals surface area contributed by atoms with E-state index in [0.717, 1.165) is 24.3 Å². The van der Waals surface area contributed by atoms with Crippen molar-refractivity contribution in [2.45, 2.75) is 20.3 Å². The highest BCUT2D eigenvalue weighted by atomic mass is 16.5. The molecule has 0 saturated heterocycles. The maximum absolute atomic E-state index is 8.81. The third-order valence-corrected chi connectivity index (χ3v) is 1.92. The topological polar surface area (TPSA) is 29.5 Å². The molecule has 2 heteroatoms. The molecule has 1 aromatic carbocycles. The second kappa shape index (κ2) is 4.87. The van der Waals surface area contributed by atoms with E-state index in [1.165, 1.54) is 5.56 Å². The molecule has 0 atom stereocenters. The van der Waals surface area contributed by atoms with Crippen LogP contribution in [0.1, 0.15) is 25.0 Å². The molecule has 0 amide bonds. The molecule has 0 aliphatic carbocycles. The van der Waals surface area contributed by atoms with Crippen molar-refractivity contribution < 1.29 is 9.84 Å². The van der Waals surface area contributed by atoms with Gasteiger partial charge in [-0.1, -0.05) is 19.1 Å². The number of aryl methyl sites for hydroxylation is 1. The Bertz CT molecular complexity index is 269. The number of benzene rings is 1. The van der Waals surface area contributed by atoms with Gasteiger partial charge in [0.1, 0.15) is 12.4 Å². The van der Waals surface area contributed by atoms with E-state index in [0.29, 0.717) is 6.61 Å². The second-order valence-electron chi connectivity index (χ2n) is 2.78. The van der Waals surface area contributed by atoms with Crippen LogP contribution in [0.3, 0.4) is 0 Å². The normalized spacial score (nSPS) is 10.1. The zero-order valence-electron chi connectivity index (χ0n) is 8.08. The number of aliphatic hydroxyl groups is 1. The van der Waals surface area contributed by atoms with Gasteiger partial charge < -0.3 is 9.84 Å². The van der Waals surface area contributed by atoms with Crippen LogP contribution in [0.5, 0.6) is 5.75 Å². The SMILES string of the molecule is CCOc1cc([CH]O)ccc1CC. The summed E-state index contributed by atoms with van der Waals surface area (Å²) in [5.41, 5.74) is 1.95. The van der Waals surface area contributed by atoms with E-state index in [9.17, 15) is 0 Å². The minimum atomic E-state index is 0.655. The Balaban J connectivity index is 2.95. The van der Waals surface area contributed by atoms with Crippen LogP contribution in [-0.4, -0.2) is 11.7 Å². The first-order valence-corrected chi connectivity index (χ1v) is 4.55. The van der Waals surface area contributed by atoms with Gasteiger partial charge in [-0.25, -0.2) is 0 Å². The average molecular weight is 179 g/mol. The van der Waals surface area contributed by atoms with Crippen LogP contribution >= 0.6 is 0 Å². The smallest absolute Gasteiger partial charge is 0.122 e. The molecule has 1 radical (unpaired) electrons. The van der Waals surface area contributed by atoms with Crippen molar-refractivity contribution in [2.24, 2.45) is 0 Å². The Morgan fingerprint density at radius 3 is 2.69 bits per heavy atom. The maximum atomic E-state index is 8.81. The summed E-state index contributed by atoms with van der Waals surface area (Å²) in [6.07, 6.45) is 0.945. The van der Waals surface area contributed by atoms with Crippen molar-refractivity contribution in [3.63, 3.8) is 0 Å². The number of hydrogen-bond donors (Lipinski definition) is 1.